The van der Waals surface area contributed by atoms with E-state index in [1.807, 2.05) is 0 Å². The van der Waals surface area contributed by atoms with Crippen molar-refractivity contribution in [2.24, 2.45) is 0 Å². The molecule has 0 unspecified atom stereocenters. The summed E-state index contributed by atoms with van der Waals surface area (Å²) in [5.41, 5.74) is 1.49. The largest absolute Gasteiger partial charge is 0.476 e. The van der Waals surface area contributed by atoms with Gasteiger partial charge < -0.3 is 14.9 Å². The maximum absolute atomic E-state index is 11.7. The van der Waals surface area contributed by atoms with E-state index in [1.54, 1.807) is 19.0 Å². The Balaban J connectivity index is 2.21. The van der Waals surface area contributed by atoms with Crippen LogP contribution in [0.5, 0.6) is 0 Å². The molecule has 0 atom stereocenters. The van der Waals surface area contributed by atoms with Crippen molar-refractivity contribution >= 4 is 12.0 Å². The lowest BCUT2D eigenvalue weighted by molar-refractivity contribution is 0.0689. The minimum absolute atomic E-state index is 0.0666. The van der Waals surface area contributed by atoms with Crippen LogP contribution in [0.3, 0.4) is 0 Å². The molecule has 0 fully saturated rings. The van der Waals surface area contributed by atoms with Crippen molar-refractivity contribution in [2.45, 2.75) is 13.0 Å². The number of hydrogen-bond acceptors (Lipinski definition) is 3. The van der Waals surface area contributed by atoms with Gasteiger partial charge in [0.2, 0.25) is 0 Å². The number of amides is 2. The van der Waals surface area contributed by atoms with Crippen LogP contribution in [0, 0.1) is 0 Å². The van der Waals surface area contributed by atoms with E-state index in [1.165, 1.54) is 4.90 Å². The zero-order valence-electron chi connectivity index (χ0n) is 9.73. The van der Waals surface area contributed by atoms with Gasteiger partial charge in [0.15, 0.2) is 5.69 Å². The molecular formula is C10H14N4O3. The normalized spacial score (nSPS) is 14.4. The predicted molar refractivity (Wildman–Crippen MR) is 58.7 cm³/mol. The molecule has 0 spiro atoms. The highest BCUT2D eigenvalue weighted by molar-refractivity contribution is 5.87. The number of rotatable bonds is 1. The fourth-order valence-corrected chi connectivity index (χ4v) is 1.94. The Hall–Kier alpha value is -2.05. The number of H-pyrrole nitrogens is 1. The SMILES string of the molecule is CN(C)C(=O)N1CCc2c(C(=O)O)n[nH]c2C1. The topological polar surface area (TPSA) is 89.5 Å². The molecule has 92 valence electrons. The number of nitrogens with one attached hydrogen (secondary N) is 1. The number of urea groups is 1. The van der Waals surface area contributed by atoms with Crippen LogP contribution in [0.2, 0.25) is 0 Å². The summed E-state index contributed by atoms with van der Waals surface area (Å²) in [6.45, 7) is 0.899. The highest BCUT2D eigenvalue weighted by Gasteiger charge is 2.27. The summed E-state index contributed by atoms with van der Waals surface area (Å²) in [5, 5.41) is 15.4. The van der Waals surface area contributed by atoms with Crippen LogP contribution < -0.4 is 0 Å². The second-order valence-corrected chi connectivity index (χ2v) is 4.18. The Bertz CT molecular complexity index is 466. The van der Waals surface area contributed by atoms with Crippen molar-refractivity contribution in [1.29, 1.82) is 0 Å². The molecular weight excluding hydrogens is 224 g/mol. The predicted octanol–water partition coefficient (Wildman–Crippen LogP) is 0.148. The number of fused-ring (bicyclic) bond motifs is 1. The number of aromatic carboxylic acids is 1. The Morgan fingerprint density at radius 1 is 1.47 bits per heavy atom. The van der Waals surface area contributed by atoms with Gasteiger partial charge in [-0.2, -0.15) is 5.10 Å². The van der Waals surface area contributed by atoms with Crippen LogP contribution in [0.25, 0.3) is 0 Å². The van der Waals surface area contributed by atoms with Gasteiger partial charge in [-0.25, -0.2) is 9.59 Å². The lowest BCUT2D eigenvalue weighted by atomic mass is 10.0. The van der Waals surface area contributed by atoms with Gasteiger partial charge >= 0.3 is 12.0 Å². The number of nitrogens with zero attached hydrogens (tertiary/aromatic N) is 3. The standard InChI is InChI=1S/C10H14N4O3/c1-13(2)10(17)14-4-3-6-7(5-14)11-12-8(6)9(15)16/h3-5H2,1-2H3,(H,11,12)(H,15,16). The van der Waals surface area contributed by atoms with Crippen LogP contribution in [0.1, 0.15) is 21.7 Å². The second kappa shape index (κ2) is 4.08. The summed E-state index contributed by atoms with van der Waals surface area (Å²) >= 11 is 0. The maximum Gasteiger partial charge on any atom is 0.356 e. The first-order chi connectivity index (χ1) is 8.00. The highest BCUT2D eigenvalue weighted by Crippen LogP contribution is 2.20. The van der Waals surface area contributed by atoms with Crippen LogP contribution in [-0.2, 0) is 13.0 Å². The van der Waals surface area contributed by atoms with E-state index in [0.29, 0.717) is 30.8 Å². The molecule has 0 saturated heterocycles. The first kappa shape index (κ1) is 11.4. The van der Waals surface area contributed by atoms with Gasteiger partial charge in [0.25, 0.3) is 0 Å². The minimum Gasteiger partial charge on any atom is -0.476 e. The summed E-state index contributed by atoms with van der Waals surface area (Å²) in [4.78, 5) is 25.8. The van der Waals surface area contributed by atoms with E-state index in [-0.39, 0.29) is 11.7 Å². The fraction of sp³-hybridized carbons (Fsp3) is 0.500. The average molecular weight is 238 g/mol. The van der Waals surface area contributed by atoms with Crippen LogP contribution in [-0.4, -0.2) is 57.7 Å². The number of carbonyl (C=O) groups excluding carboxylic acids is 1. The first-order valence-corrected chi connectivity index (χ1v) is 5.26. The van der Waals surface area contributed by atoms with E-state index >= 15 is 0 Å². The zero-order valence-corrected chi connectivity index (χ0v) is 9.73. The van der Waals surface area contributed by atoms with E-state index in [2.05, 4.69) is 10.2 Å². The molecule has 2 rings (SSSR count). The Kier molecular flexibility index (Phi) is 2.74. The van der Waals surface area contributed by atoms with Gasteiger partial charge in [0, 0.05) is 26.2 Å². The van der Waals surface area contributed by atoms with Crippen LogP contribution in [0.4, 0.5) is 4.79 Å². The van der Waals surface area contributed by atoms with E-state index < -0.39 is 5.97 Å². The number of carboxylic acid groups (broad SMARTS) is 1. The van der Waals surface area contributed by atoms with Gasteiger partial charge in [-0.05, 0) is 6.42 Å². The molecule has 0 aromatic carbocycles. The summed E-state index contributed by atoms with van der Waals surface area (Å²) in [5.74, 6) is -1.03. The molecule has 0 saturated carbocycles. The lowest BCUT2D eigenvalue weighted by Crippen LogP contribution is -2.42. The highest BCUT2D eigenvalue weighted by atomic mass is 16.4. The average Bonchev–Trinajstić information content (AvgIpc) is 2.70. The molecule has 0 bridgehead atoms. The lowest BCUT2D eigenvalue weighted by Gasteiger charge is -2.29. The monoisotopic (exact) mass is 238 g/mol. The summed E-state index contributed by atoms with van der Waals surface area (Å²) in [7, 11) is 3.38. The molecule has 1 aliphatic rings. The smallest absolute Gasteiger partial charge is 0.356 e. The number of hydrogen-bond donors (Lipinski definition) is 2. The maximum atomic E-state index is 11.7. The Morgan fingerprint density at radius 3 is 2.76 bits per heavy atom. The summed E-state index contributed by atoms with van der Waals surface area (Å²) in [6, 6.07) is -0.0814. The Morgan fingerprint density at radius 2 is 2.18 bits per heavy atom. The molecule has 2 amide bonds. The third-order valence-electron chi connectivity index (χ3n) is 2.79. The second-order valence-electron chi connectivity index (χ2n) is 4.18. The van der Waals surface area contributed by atoms with Crippen LogP contribution >= 0.6 is 0 Å². The number of aromatic amines is 1. The van der Waals surface area contributed by atoms with Gasteiger partial charge in [-0.3, -0.25) is 5.10 Å². The third-order valence-corrected chi connectivity index (χ3v) is 2.79. The molecule has 0 radical (unpaired) electrons. The van der Waals surface area contributed by atoms with Gasteiger partial charge in [0.05, 0.1) is 12.2 Å². The molecule has 17 heavy (non-hydrogen) atoms. The molecule has 7 heteroatoms. The van der Waals surface area contributed by atoms with Gasteiger partial charge in [-0.15, -0.1) is 0 Å². The Labute approximate surface area is 98.0 Å². The fourth-order valence-electron chi connectivity index (χ4n) is 1.94. The van der Waals surface area contributed by atoms with E-state index in [0.717, 1.165) is 0 Å². The number of carboxylic acids is 1. The van der Waals surface area contributed by atoms with Crippen LogP contribution in [0.15, 0.2) is 0 Å². The quantitative estimate of drug-likeness (QED) is 0.728. The van der Waals surface area contributed by atoms with E-state index in [4.69, 9.17) is 5.11 Å². The molecule has 1 aromatic rings. The molecule has 1 aromatic heterocycles. The molecule has 2 N–H and O–H groups in total. The summed E-state index contributed by atoms with van der Waals surface area (Å²) in [6.07, 6.45) is 0.521. The van der Waals surface area contributed by atoms with Crippen molar-refractivity contribution < 1.29 is 14.7 Å². The molecule has 7 nitrogen and oxygen atoms in total. The van der Waals surface area contributed by atoms with E-state index in [9.17, 15) is 9.59 Å². The molecule has 2 heterocycles. The van der Waals surface area contributed by atoms with Gasteiger partial charge in [0.1, 0.15) is 0 Å². The van der Waals surface area contributed by atoms with Crippen molar-refractivity contribution in [3.8, 4) is 0 Å². The first-order valence-electron chi connectivity index (χ1n) is 5.26. The molecule has 1 aliphatic heterocycles. The minimum atomic E-state index is -1.03. The number of aromatic nitrogens is 2. The van der Waals surface area contributed by atoms with Crippen molar-refractivity contribution in [3.63, 3.8) is 0 Å². The van der Waals surface area contributed by atoms with Crippen molar-refractivity contribution in [3.05, 3.63) is 17.0 Å². The summed E-state index contributed by atoms with van der Waals surface area (Å²) < 4.78 is 0. The number of carbonyl (C=O) groups is 2. The third kappa shape index (κ3) is 1.95. The van der Waals surface area contributed by atoms with Crippen molar-refractivity contribution in [1.82, 2.24) is 20.0 Å². The zero-order chi connectivity index (χ0) is 12.6. The van der Waals surface area contributed by atoms with Gasteiger partial charge in [-0.1, -0.05) is 0 Å². The molecule has 0 aliphatic carbocycles. The van der Waals surface area contributed by atoms with Crippen molar-refractivity contribution in [2.75, 3.05) is 20.6 Å².